The standard InChI is InChI=1S/C28H35FN6O5S/c1-16(2)32-26(37)28(5,6)34-23(36)22-18(4)24(35-30-10-11-31-35)41-25(22)33(27(34)38)15-21(40-13-12-39-7)20-14-19(29)9-8-17(20)3/h8-11,14,16,21H,12-13,15H2,1-7H3,(H,32,37)/t21-/m0/s1. The van der Waals surface area contributed by atoms with Gasteiger partial charge in [-0.25, -0.2) is 13.8 Å². The Morgan fingerprint density at radius 1 is 1.15 bits per heavy atom. The second kappa shape index (κ2) is 12.0. The van der Waals surface area contributed by atoms with Crippen LogP contribution in [0.4, 0.5) is 4.39 Å². The second-order valence-electron chi connectivity index (χ2n) is 10.6. The molecule has 0 saturated heterocycles. The van der Waals surface area contributed by atoms with Crippen LogP contribution < -0.4 is 16.6 Å². The molecule has 13 heteroatoms. The molecule has 0 aliphatic carbocycles. The minimum Gasteiger partial charge on any atom is -0.382 e. The number of thiophene rings is 1. The molecule has 3 heterocycles. The van der Waals surface area contributed by atoms with E-state index in [-0.39, 0.29) is 31.2 Å². The molecule has 0 radical (unpaired) electrons. The van der Waals surface area contributed by atoms with E-state index in [2.05, 4.69) is 15.5 Å². The van der Waals surface area contributed by atoms with Gasteiger partial charge in [0.15, 0.2) is 0 Å². The molecule has 0 aliphatic rings. The van der Waals surface area contributed by atoms with E-state index >= 15 is 0 Å². The summed E-state index contributed by atoms with van der Waals surface area (Å²) in [6.45, 7) is 10.7. The van der Waals surface area contributed by atoms with E-state index in [0.717, 1.165) is 10.1 Å². The zero-order valence-electron chi connectivity index (χ0n) is 24.2. The number of hydrogen-bond acceptors (Lipinski definition) is 8. The topological polar surface area (TPSA) is 122 Å². The largest absolute Gasteiger partial charge is 0.382 e. The number of rotatable bonds is 11. The van der Waals surface area contributed by atoms with Crippen LogP contribution in [0.15, 0.2) is 40.2 Å². The number of nitrogens with zero attached hydrogens (tertiary/aromatic N) is 5. The number of amides is 1. The molecule has 1 N–H and O–H groups in total. The van der Waals surface area contributed by atoms with Crippen LogP contribution in [0.2, 0.25) is 0 Å². The summed E-state index contributed by atoms with van der Waals surface area (Å²) in [6, 6.07) is 4.17. The monoisotopic (exact) mass is 586 g/mol. The molecule has 0 fully saturated rings. The highest BCUT2D eigenvalue weighted by Crippen LogP contribution is 2.32. The van der Waals surface area contributed by atoms with E-state index in [1.165, 1.54) is 59.1 Å². The lowest BCUT2D eigenvalue weighted by molar-refractivity contribution is -0.129. The first-order valence-electron chi connectivity index (χ1n) is 13.2. The van der Waals surface area contributed by atoms with Crippen molar-refractivity contribution in [3.63, 3.8) is 0 Å². The van der Waals surface area contributed by atoms with Crippen molar-refractivity contribution in [2.75, 3.05) is 20.3 Å². The Morgan fingerprint density at radius 2 is 1.83 bits per heavy atom. The van der Waals surface area contributed by atoms with E-state index in [1.807, 2.05) is 6.92 Å². The van der Waals surface area contributed by atoms with Gasteiger partial charge in [0, 0.05) is 18.7 Å². The number of nitrogens with one attached hydrogen (secondary N) is 1. The number of halogens is 1. The van der Waals surface area contributed by atoms with Gasteiger partial charge in [-0.05, 0) is 64.8 Å². The molecule has 0 unspecified atom stereocenters. The van der Waals surface area contributed by atoms with Gasteiger partial charge in [0.25, 0.3) is 5.56 Å². The third-order valence-electron chi connectivity index (χ3n) is 6.87. The van der Waals surface area contributed by atoms with Gasteiger partial charge in [-0.2, -0.15) is 10.2 Å². The molecular weight excluding hydrogens is 551 g/mol. The Kier molecular flexibility index (Phi) is 8.90. The highest BCUT2D eigenvalue weighted by molar-refractivity contribution is 7.21. The van der Waals surface area contributed by atoms with Crippen molar-refractivity contribution in [2.45, 2.75) is 65.8 Å². The van der Waals surface area contributed by atoms with Crippen molar-refractivity contribution in [3.05, 3.63) is 73.9 Å². The average molecular weight is 587 g/mol. The maximum absolute atomic E-state index is 14.4. The summed E-state index contributed by atoms with van der Waals surface area (Å²) in [5.41, 5.74) is -0.941. The Hall–Kier alpha value is -3.68. The molecule has 1 amide bonds. The summed E-state index contributed by atoms with van der Waals surface area (Å²) in [6.07, 6.45) is 2.26. The molecule has 4 rings (SSSR count). The van der Waals surface area contributed by atoms with Crippen LogP contribution in [0.1, 0.15) is 50.5 Å². The number of carbonyl (C=O) groups is 1. The molecular formula is C28H35FN6O5S. The first kappa shape index (κ1) is 30.3. The number of carbonyl (C=O) groups excluding carboxylic acids is 1. The molecule has 1 atom stereocenters. The highest BCUT2D eigenvalue weighted by Gasteiger charge is 2.36. The normalized spacial score (nSPS) is 12.8. The fourth-order valence-corrected chi connectivity index (χ4v) is 5.90. The zero-order chi connectivity index (χ0) is 30.1. The lowest BCUT2D eigenvalue weighted by Crippen LogP contribution is -2.56. The fourth-order valence-electron chi connectivity index (χ4n) is 4.68. The van der Waals surface area contributed by atoms with Gasteiger partial charge in [0.05, 0.1) is 37.5 Å². The predicted molar refractivity (Wildman–Crippen MR) is 154 cm³/mol. The maximum atomic E-state index is 14.4. The van der Waals surface area contributed by atoms with Crippen molar-refractivity contribution in [1.82, 2.24) is 29.4 Å². The third kappa shape index (κ3) is 5.88. The summed E-state index contributed by atoms with van der Waals surface area (Å²) >= 11 is 1.18. The van der Waals surface area contributed by atoms with Crippen molar-refractivity contribution in [1.29, 1.82) is 0 Å². The summed E-state index contributed by atoms with van der Waals surface area (Å²) < 4.78 is 28.1. The Labute approximate surface area is 240 Å². The molecule has 1 aromatic carbocycles. The van der Waals surface area contributed by atoms with E-state index in [1.54, 1.807) is 33.9 Å². The molecule has 0 saturated carbocycles. The first-order chi connectivity index (χ1) is 19.4. The van der Waals surface area contributed by atoms with Crippen LogP contribution in [0.25, 0.3) is 15.2 Å². The van der Waals surface area contributed by atoms with Gasteiger partial charge in [-0.1, -0.05) is 17.4 Å². The van der Waals surface area contributed by atoms with Gasteiger partial charge in [0.1, 0.15) is 27.3 Å². The number of methoxy groups -OCH3 is 1. The van der Waals surface area contributed by atoms with Crippen LogP contribution in [0, 0.1) is 19.7 Å². The predicted octanol–water partition coefficient (Wildman–Crippen LogP) is 3.23. The van der Waals surface area contributed by atoms with Gasteiger partial charge >= 0.3 is 5.69 Å². The lowest BCUT2D eigenvalue weighted by Gasteiger charge is -2.28. The third-order valence-corrected chi connectivity index (χ3v) is 8.15. The number of aryl methyl sites for hydroxylation is 2. The number of ether oxygens (including phenoxy) is 2. The molecule has 0 spiro atoms. The summed E-state index contributed by atoms with van der Waals surface area (Å²) in [7, 11) is 1.54. The molecule has 4 aromatic rings. The van der Waals surface area contributed by atoms with Crippen molar-refractivity contribution in [2.24, 2.45) is 0 Å². The Balaban J connectivity index is 2.01. The number of benzene rings is 1. The highest BCUT2D eigenvalue weighted by atomic mass is 32.1. The van der Waals surface area contributed by atoms with Crippen LogP contribution in [0.5, 0.6) is 0 Å². The van der Waals surface area contributed by atoms with Crippen LogP contribution >= 0.6 is 11.3 Å². The second-order valence-corrected chi connectivity index (χ2v) is 11.6. The van der Waals surface area contributed by atoms with Crippen LogP contribution in [-0.4, -0.2) is 56.4 Å². The molecule has 41 heavy (non-hydrogen) atoms. The molecule has 220 valence electrons. The number of aromatic nitrogens is 5. The molecule has 0 bridgehead atoms. The number of fused-ring (bicyclic) bond motifs is 1. The molecule has 3 aromatic heterocycles. The van der Waals surface area contributed by atoms with Gasteiger partial charge < -0.3 is 14.8 Å². The average Bonchev–Trinajstić information content (AvgIpc) is 3.55. The van der Waals surface area contributed by atoms with Crippen LogP contribution in [-0.2, 0) is 26.4 Å². The summed E-state index contributed by atoms with van der Waals surface area (Å²) in [4.78, 5) is 43.3. The van der Waals surface area contributed by atoms with Gasteiger partial charge in [0.2, 0.25) is 5.91 Å². The summed E-state index contributed by atoms with van der Waals surface area (Å²) in [5, 5.41) is 12.0. The fraction of sp³-hybridized carbons (Fsp3) is 0.464. The maximum Gasteiger partial charge on any atom is 0.333 e. The van der Waals surface area contributed by atoms with E-state index in [4.69, 9.17) is 9.47 Å². The SMILES string of the molecule is COCCO[C@@H](Cn1c(=O)n(C(C)(C)C(=O)NC(C)C)c(=O)c2c(C)c(-n3nccn3)sc21)c1cc(F)ccc1C. The van der Waals surface area contributed by atoms with E-state index in [0.29, 0.717) is 21.0 Å². The zero-order valence-corrected chi connectivity index (χ0v) is 25.0. The van der Waals surface area contributed by atoms with E-state index in [9.17, 15) is 18.8 Å². The van der Waals surface area contributed by atoms with Gasteiger partial charge in [-0.3, -0.25) is 14.2 Å². The van der Waals surface area contributed by atoms with E-state index < -0.39 is 34.6 Å². The summed E-state index contributed by atoms with van der Waals surface area (Å²) in [5.74, 6) is -0.924. The van der Waals surface area contributed by atoms with Crippen molar-refractivity contribution < 1.29 is 18.7 Å². The quantitative estimate of drug-likeness (QED) is 0.268. The Bertz CT molecular complexity index is 1670. The first-order valence-corrected chi connectivity index (χ1v) is 14.0. The van der Waals surface area contributed by atoms with Gasteiger partial charge in [-0.15, -0.1) is 4.80 Å². The lowest BCUT2D eigenvalue weighted by atomic mass is 10.0. The van der Waals surface area contributed by atoms with Crippen LogP contribution in [0.3, 0.4) is 0 Å². The smallest absolute Gasteiger partial charge is 0.333 e. The minimum absolute atomic E-state index is 0.0581. The minimum atomic E-state index is -1.53. The Morgan fingerprint density at radius 3 is 2.46 bits per heavy atom. The van der Waals surface area contributed by atoms with Crippen molar-refractivity contribution in [3.8, 4) is 5.00 Å². The molecule has 0 aliphatic heterocycles. The van der Waals surface area contributed by atoms with Crippen molar-refractivity contribution >= 4 is 27.5 Å². The molecule has 11 nitrogen and oxygen atoms in total. The number of hydrogen-bond donors (Lipinski definition) is 1.